The van der Waals surface area contributed by atoms with Crippen molar-refractivity contribution in [2.24, 2.45) is 5.10 Å². The first-order chi connectivity index (χ1) is 15.9. The summed E-state index contributed by atoms with van der Waals surface area (Å²) in [5.74, 6) is -0.610. The van der Waals surface area contributed by atoms with Crippen molar-refractivity contribution in [1.29, 1.82) is 0 Å². The average Bonchev–Trinajstić information content (AvgIpc) is 2.83. The largest absolute Gasteiger partial charge is 0.272 e. The van der Waals surface area contributed by atoms with Gasteiger partial charge in [0, 0.05) is 18.7 Å². The van der Waals surface area contributed by atoms with Crippen molar-refractivity contribution in [1.82, 2.24) is 9.73 Å². The zero-order valence-corrected chi connectivity index (χ0v) is 18.4. The lowest BCUT2D eigenvalue weighted by atomic mass is 10.1. The monoisotopic (exact) mass is 466 g/mol. The first-order valence-corrected chi connectivity index (χ1v) is 11.5. The third-order valence-corrected chi connectivity index (χ3v) is 6.56. The molecule has 1 N–H and O–H groups in total. The molecule has 0 saturated carbocycles. The quantitative estimate of drug-likeness (QED) is 0.280. The van der Waals surface area contributed by atoms with Crippen LogP contribution in [0.25, 0.3) is 0 Å². The van der Waals surface area contributed by atoms with Crippen LogP contribution in [0.15, 0.2) is 94.9 Å². The average molecular weight is 467 g/mol. The number of nitrogens with one attached hydrogen (secondary N) is 1. The molecule has 33 heavy (non-hydrogen) atoms. The van der Waals surface area contributed by atoms with E-state index in [0.29, 0.717) is 12.0 Å². The zero-order valence-electron chi connectivity index (χ0n) is 17.6. The van der Waals surface area contributed by atoms with Gasteiger partial charge in [0.1, 0.15) is 0 Å². The smallest absolute Gasteiger partial charge is 0.269 e. The summed E-state index contributed by atoms with van der Waals surface area (Å²) >= 11 is 0. The van der Waals surface area contributed by atoms with Gasteiger partial charge in [0.2, 0.25) is 10.0 Å². The van der Waals surface area contributed by atoms with Crippen LogP contribution in [0.2, 0.25) is 0 Å². The van der Waals surface area contributed by atoms with Crippen molar-refractivity contribution in [3.05, 3.63) is 106 Å². The van der Waals surface area contributed by atoms with E-state index in [9.17, 15) is 23.3 Å². The fraction of sp³-hybridized carbons (Fsp3) is 0.130. The van der Waals surface area contributed by atoms with E-state index in [-0.39, 0.29) is 17.1 Å². The highest BCUT2D eigenvalue weighted by Gasteiger charge is 2.26. The highest BCUT2D eigenvalue weighted by atomic mass is 32.2. The van der Waals surface area contributed by atoms with Crippen molar-refractivity contribution in [3.8, 4) is 0 Å². The number of hydrogen-bond acceptors (Lipinski definition) is 6. The number of non-ortho nitro benzene ring substituents is 1. The molecule has 0 radical (unpaired) electrons. The second-order valence-corrected chi connectivity index (χ2v) is 8.97. The van der Waals surface area contributed by atoms with Gasteiger partial charge in [0.15, 0.2) is 0 Å². The summed E-state index contributed by atoms with van der Waals surface area (Å²) in [6.07, 6.45) is 1.76. The first kappa shape index (κ1) is 23.8. The number of hydrazone groups is 1. The molecule has 170 valence electrons. The molecule has 0 aromatic heterocycles. The maximum atomic E-state index is 13.1. The number of sulfonamides is 1. The molecule has 0 atom stereocenters. The summed E-state index contributed by atoms with van der Waals surface area (Å²) in [6.45, 7) is -0.303. The van der Waals surface area contributed by atoms with Crippen LogP contribution in [-0.2, 0) is 21.2 Å². The Balaban J connectivity index is 1.69. The lowest BCUT2D eigenvalue weighted by Crippen LogP contribution is -2.40. The van der Waals surface area contributed by atoms with E-state index in [1.807, 2.05) is 30.3 Å². The summed E-state index contributed by atoms with van der Waals surface area (Å²) in [6, 6.07) is 22.9. The van der Waals surface area contributed by atoms with Crippen LogP contribution in [0.3, 0.4) is 0 Å². The SMILES string of the molecule is O=C(CN(CCc1ccccc1)S(=O)(=O)c1ccccc1)N/N=C/c1ccc([N+](=O)[O-])cc1. The Kier molecular flexibility index (Phi) is 8.01. The van der Waals surface area contributed by atoms with E-state index in [2.05, 4.69) is 10.5 Å². The topological polar surface area (TPSA) is 122 Å². The van der Waals surface area contributed by atoms with Gasteiger partial charge in [-0.25, -0.2) is 13.8 Å². The Morgan fingerprint density at radius 2 is 1.58 bits per heavy atom. The van der Waals surface area contributed by atoms with Crippen LogP contribution in [0, 0.1) is 10.1 Å². The molecule has 0 bridgehead atoms. The molecule has 0 spiro atoms. The van der Waals surface area contributed by atoms with Crippen LogP contribution >= 0.6 is 0 Å². The number of hydrogen-bond donors (Lipinski definition) is 1. The number of carbonyl (C=O) groups is 1. The fourth-order valence-corrected chi connectivity index (χ4v) is 4.40. The minimum absolute atomic E-state index is 0.0589. The highest BCUT2D eigenvalue weighted by molar-refractivity contribution is 7.89. The van der Waals surface area contributed by atoms with E-state index in [1.54, 1.807) is 18.2 Å². The summed E-state index contributed by atoms with van der Waals surface area (Å²) in [7, 11) is -3.90. The van der Waals surface area contributed by atoms with E-state index in [4.69, 9.17) is 0 Å². The highest BCUT2D eigenvalue weighted by Crippen LogP contribution is 2.16. The Morgan fingerprint density at radius 1 is 0.970 bits per heavy atom. The number of nitro benzene ring substituents is 1. The van der Waals surface area contributed by atoms with Gasteiger partial charge >= 0.3 is 0 Å². The van der Waals surface area contributed by atoms with Crippen molar-refractivity contribution < 1.29 is 18.1 Å². The number of carbonyl (C=O) groups excluding carboxylic acids is 1. The molecule has 0 fully saturated rings. The van der Waals surface area contributed by atoms with Crippen molar-refractivity contribution >= 4 is 27.8 Å². The normalized spacial score (nSPS) is 11.5. The molecular formula is C23H22N4O5S. The summed E-state index contributed by atoms with van der Waals surface area (Å²) in [5.41, 5.74) is 3.74. The van der Waals surface area contributed by atoms with Gasteiger partial charge in [-0.05, 0) is 41.8 Å². The standard InChI is InChI=1S/C23H22N4O5S/c28-23(25-24-17-20-11-13-21(14-12-20)27(29)30)18-26(16-15-19-7-3-1-4-8-19)33(31,32)22-9-5-2-6-10-22/h1-14,17H,15-16,18H2,(H,25,28)/b24-17+. The van der Waals surface area contributed by atoms with Crippen molar-refractivity contribution in [2.75, 3.05) is 13.1 Å². The lowest BCUT2D eigenvalue weighted by molar-refractivity contribution is -0.384. The predicted molar refractivity (Wildman–Crippen MR) is 124 cm³/mol. The molecule has 0 saturated heterocycles. The maximum absolute atomic E-state index is 13.1. The van der Waals surface area contributed by atoms with Crippen LogP contribution in [-0.4, -0.2) is 42.9 Å². The minimum atomic E-state index is -3.90. The van der Waals surface area contributed by atoms with Gasteiger partial charge in [-0.1, -0.05) is 48.5 Å². The third-order valence-electron chi connectivity index (χ3n) is 4.70. The summed E-state index contributed by atoms with van der Waals surface area (Å²) in [5, 5.41) is 14.5. The molecule has 1 amide bonds. The Labute approximate surface area is 191 Å². The maximum Gasteiger partial charge on any atom is 0.269 e. The van der Waals surface area contributed by atoms with E-state index < -0.39 is 27.4 Å². The second kappa shape index (κ2) is 11.1. The number of nitrogens with zero attached hydrogens (tertiary/aromatic N) is 3. The molecule has 0 aliphatic carbocycles. The molecule has 3 aromatic carbocycles. The first-order valence-electron chi connectivity index (χ1n) is 10.0. The summed E-state index contributed by atoms with van der Waals surface area (Å²) < 4.78 is 27.4. The number of amides is 1. The van der Waals surface area contributed by atoms with Crippen LogP contribution in [0.4, 0.5) is 5.69 Å². The van der Waals surface area contributed by atoms with E-state index in [1.165, 1.54) is 42.6 Å². The van der Waals surface area contributed by atoms with Gasteiger partial charge < -0.3 is 0 Å². The van der Waals surface area contributed by atoms with Crippen LogP contribution < -0.4 is 5.43 Å². The van der Waals surface area contributed by atoms with Crippen LogP contribution in [0.1, 0.15) is 11.1 Å². The molecular weight excluding hydrogens is 444 g/mol. The molecule has 3 aromatic rings. The van der Waals surface area contributed by atoms with Gasteiger partial charge in [-0.3, -0.25) is 14.9 Å². The Hall–Kier alpha value is -3.89. The molecule has 0 aliphatic rings. The predicted octanol–water partition coefficient (Wildman–Crippen LogP) is 2.98. The zero-order chi connectivity index (χ0) is 23.7. The lowest BCUT2D eigenvalue weighted by Gasteiger charge is -2.21. The van der Waals surface area contributed by atoms with Crippen molar-refractivity contribution in [3.63, 3.8) is 0 Å². The Morgan fingerprint density at radius 3 is 2.18 bits per heavy atom. The van der Waals surface area contributed by atoms with Gasteiger partial charge in [-0.2, -0.15) is 9.41 Å². The molecule has 0 aliphatic heterocycles. The minimum Gasteiger partial charge on any atom is -0.272 e. The molecule has 0 unspecified atom stereocenters. The van der Waals surface area contributed by atoms with E-state index in [0.717, 1.165) is 9.87 Å². The Bertz CT molecular complexity index is 1210. The number of benzene rings is 3. The molecule has 0 heterocycles. The van der Waals surface area contributed by atoms with Gasteiger partial charge in [-0.15, -0.1) is 0 Å². The number of rotatable bonds is 10. The van der Waals surface area contributed by atoms with E-state index >= 15 is 0 Å². The third kappa shape index (κ3) is 6.79. The van der Waals surface area contributed by atoms with Gasteiger partial charge in [0.25, 0.3) is 11.6 Å². The fourth-order valence-electron chi connectivity index (χ4n) is 2.98. The van der Waals surface area contributed by atoms with Crippen molar-refractivity contribution in [2.45, 2.75) is 11.3 Å². The molecule has 3 rings (SSSR count). The van der Waals surface area contributed by atoms with Gasteiger partial charge in [0.05, 0.1) is 22.6 Å². The molecule has 10 heteroatoms. The second-order valence-electron chi connectivity index (χ2n) is 7.03. The summed E-state index contributed by atoms with van der Waals surface area (Å²) in [4.78, 5) is 22.7. The van der Waals surface area contributed by atoms with Crippen LogP contribution in [0.5, 0.6) is 0 Å². The molecule has 9 nitrogen and oxygen atoms in total. The number of nitro groups is 1.